The Morgan fingerprint density at radius 1 is 1.08 bits per heavy atom. The normalized spacial score (nSPS) is 20.9. The molecule has 3 rings (SSSR count). The minimum Gasteiger partial charge on any atom is -0.497 e. The van der Waals surface area contributed by atoms with Crippen molar-refractivity contribution in [3.8, 4) is 5.75 Å². The molecule has 1 aromatic rings. The fourth-order valence-electron chi connectivity index (χ4n) is 3.88. The van der Waals surface area contributed by atoms with Gasteiger partial charge in [0, 0.05) is 64.1 Å². The van der Waals surface area contributed by atoms with Crippen LogP contribution in [0.5, 0.6) is 5.75 Å². The molecular weight excluding hydrogens is 328 g/mol. The Balaban J connectivity index is 1.51. The van der Waals surface area contributed by atoms with Crippen molar-refractivity contribution in [2.24, 2.45) is 0 Å². The highest BCUT2D eigenvalue weighted by atomic mass is 16.5. The maximum atomic E-state index is 12.9. The van der Waals surface area contributed by atoms with Crippen LogP contribution >= 0.6 is 0 Å². The lowest BCUT2D eigenvalue weighted by Crippen LogP contribution is -2.57. The topological polar surface area (TPSA) is 39.3 Å². The zero-order valence-corrected chi connectivity index (χ0v) is 16.4. The summed E-state index contributed by atoms with van der Waals surface area (Å²) in [5.74, 6) is 1.18. The molecule has 0 aromatic heterocycles. The quantitative estimate of drug-likeness (QED) is 0.793. The largest absolute Gasteiger partial charge is 0.497 e. The third-order valence-corrected chi connectivity index (χ3v) is 5.77. The first-order chi connectivity index (χ1) is 12.6. The van der Waals surface area contributed by atoms with E-state index in [1.165, 1.54) is 5.69 Å². The number of likely N-dealkylation sites (N-methyl/N-ethyl adjacent to an activating group) is 1. The summed E-state index contributed by atoms with van der Waals surface area (Å²) in [5.41, 5.74) is 1.19. The molecule has 2 aliphatic rings. The Morgan fingerprint density at radius 3 is 2.38 bits per heavy atom. The Morgan fingerprint density at radius 2 is 1.77 bits per heavy atom. The van der Waals surface area contributed by atoms with E-state index in [9.17, 15) is 4.79 Å². The Kier molecular flexibility index (Phi) is 6.38. The first-order valence-electron chi connectivity index (χ1n) is 9.76. The third-order valence-electron chi connectivity index (χ3n) is 5.77. The van der Waals surface area contributed by atoms with E-state index in [-0.39, 0.29) is 11.9 Å². The number of ether oxygens (including phenoxy) is 1. The number of piperazine rings is 2. The molecule has 6 nitrogen and oxygen atoms in total. The first-order valence-corrected chi connectivity index (χ1v) is 9.76. The van der Waals surface area contributed by atoms with Gasteiger partial charge in [0.15, 0.2) is 0 Å². The number of methoxy groups -OCH3 is 1. The van der Waals surface area contributed by atoms with E-state index >= 15 is 0 Å². The van der Waals surface area contributed by atoms with Crippen LogP contribution < -0.4 is 9.64 Å². The lowest BCUT2D eigenvalue weighted by atomic mass is 10.1. The molecule has 1 amide bonds. The SMILES string of the molecule is CCN1CCN(C(=O)C(C)N2CCN(c3cccc(OC)c3)CC2)CC1. The highest BCUT2D eigenvalue weighted by Crippen LogP contribution is 2.22. The number of amides is 1. The molecule has 1 unspecified atom stereocenters. The van der Waals surface area contributed by atoms with Gasteiger partial charge >= 0.3 is 0 Å². The summed E-state index contributed by atoms with van der Waals surface area (Å²) in [7, 11) is 1.70. The van der Waals surface area contributed by atoms with Crippen LogP contribution in [0.1, 0.15) is 13.8 Å². The number of rotatable bonds is 5. The molecular formula is C20H32N4O2. The molecule has 2 fully saturated rings. The lowest BCUT2D eigenvalue weighted by Gasteiger charge is -2.41. The van der Waals surface area contributed by atoms with Gasteiger partial charge in [0.2, 0.25) is 5.91 Å². The molecule has 0 spiro atoms. The molecule has 2 heterocycles. The van der Waals surface area contributed by atoms with Crippen LogP contribution in [0.4, 0.5) is 5.69 Å². The van der Waals surface area contributed by atoms with Gasteiger partial charge in [-0.3, -0.25) is 9.69 Å². The summed E-state index contributed by atoms with van der Waals surface area (Å²) >= 11 is 0. The van der Waals surface area contributed by atoms with E-state index in [1.54, 1.807) is 7.11 Å². The van der Waals surface area contributed by atoms with Gasteiger partial charge in [-0.25, -0.2) is 0 Å². The Bertz CT molecular complexity index is 593. The van der Waals surface area contributed by atoms with E-state index in [4.69, 9.17) is 4.74 Å². The second-order valence-electron chi connectivity index (χ2n) is 7.16. The molecule has 1 aromatic carbocycles. The predicted molar refractivity (Wildman–Crippen MR) is 105 cm³/mol. The van der Waals surface area contributed by atoms with Crippen LogP contribution in [0.15, 0.2) is 24.3 Å². The van der Waals surface area contributed by atoms with E-state index < -0.39 is 0 Å². The highest BCUT2D eigenvalue weighted by molar-refractivity contribution is 5.81. The number of benzene rings is 1. The zero-order chi connectivity index (χ0) is 18.5. The van der Waals surface area contributed by atoms with Crippen LogP contribution in [-0.2, 0) is 4.79 Å². The van der Waals surface area contributed by atoms with Crippen molar-refractivity contribution in [2.75, 3.05) is 70.9 Å². The van der Waals surface area contributed by atoms with Gasteiger partial charge in [0.05, 0.1) is 13.2 Å². The zero-order valence-electron chi connectivity index (χ0n) is 16.4. The maximum Gasteiger partial charge on any atom is 0.239 e. The number of hydrogen-bond acceptors (Lipinski definition) is 5. The van der Waals surface area contributed by atoms with Crippen molar-refractivity contribution in [3.63, 3.8) is 0 Å². The smallest absolute Gasteiger partial charge is 0.239 e. The van der Waals surface area contributed by atoms with Gasteiger partial charge in [-0.15, -0.1) is 0 Å². The van der Waals surface area contributed by atoms with Crippen LogP contribution in [0.2, 0.25) is 0 Å². The molecule has 144 valence electrons. The molecule has 0 radical (unpaired) electrons. The molecule has 26 heavy (non-hydrogen) atoms. The summed E-state index contributed by atoms with van der Waals surface area (Å²) in [6, 6.07) is 8.18. The van der Waals surface area contributed by atoms with E-state index in [1.807, 2.05) is 17.0 Å². The molecule has 6 heteroatoms. The van der Waals surface area contributed by atoms with Crippen LogP contribution in [-0.4, -0.2) is 92.7 Å². The first kappa shape index (κ1) is 19.0. The second kappa shape index (κ2) is 8.73. The highest BCUT2D eigenvalue weighted by Gasteiger charge is 2.30. The Labute approximate surface area is 157 Å². The molecule has 2 saturated heterocycles. The minimum absolute atomic E-state index is 0.0318. The predicted octanol–water partition coefficient (Wildman–Crippen LogP) is 1.37. The molecule has 1 atom stereocenters. The molecule has 0 aliphatic carbocycles. The van der Waals surface area contributed by atoms with Crippen molar-refractivity contribution in [1.82, 2.24) is 14.7 Å². The van der Waals surface area contributed by atoms with E-state index in [0.29, 0.717) is 0 Å². The van der Waals surface area contributed by atoms with Gasteiger partial charge in [-0.05, 0) is 25.6 Å². The standard InChI is InChI=1S/C20H32N4O2/c1-4-21-8-10-24(11-9-21)20(25)17(2)22-12-14-23(15-13-22)18-6-5-7-19(16-18)26-3/h5-7,16-17H,4,8-15H2,1-3H3. The average Bonchev–Trinajstić information content (AvgIpc) is 2.73. The summed E-state index contributed by atoms with van der Waals surface area (Å²) < 4.78 is 5.33. The molecule has 0 saturated carbocycles. The minimum atomic E-state index is -0.0318. The number of carbonyl (C=O) groups excluding carboxylic acids is 1. The van der Waals surface area contributed by atoms with Crippen LogP contribution in [0.3, 0.4) is 0 Å². The van der Waals surface area contributed by atoms with Crippen molar-refractivity contribution in [1.29, 1.82) is 0 Å². The van der Waals surface area contributed by atoms with Crippen molar-refractivity contribution < 1.29 is 9.53 Å². The summed E-state index contributed by atoms with van der Waals surface area (Å²) in [6.07, 6.45) is 0. The lowest BCUT2D eigenvalue weighted by molar-refractivity contribution is -0.138. The molecule has 0 bridgehead atoms. The fraction of sp³-hybridized carbons (Fsp3) is 0.650. The third kappa shape index (κ3) is 4.30. The van der Waals surface area contributed by atoms with Gasteiger partial charge in [-0.2, -0.15) is 0 Å². The number of hydrogen-bond donors (Lipinski definition) is 0. The average molecular weight is 361 g/mol. The van der Waals surface area contributed by atoms with Gasteiger partial charge in [-0.1, -0.05) is 13.0 Å². The van der Waals surface area contributed by atoms with E-state index in [0.717, 1.165) is 64.7 Å². The molecule has 2 aliphatic heterocycles. The van der Waals surface area contributed by atoms with Crippen LogP contribution in [0, 0.1) is 0 Å². The van der Waals surface area contributed by atoms with Gasteiger partial charge in [0.25, 0.3) is 0 Å². The van der Waals surface area contributed by atoms with Crippen molar-refractivity contribution >= 4 is 11.6 Å². The van der Waals surface area contributed by atoms with Crippen molar-refractivity contribution in [2.45, 2.75) is 19.9 Å². The number of carbonyl (C=O) groups is 1. The van der Waals surface area contributed by atoms with Gasteiger partial charge in [0.1, 0.15) is 5.75 Å². The Hall–Kier alpha value is -1.79. The second-order valence-corrected chi connectivity index (χ2v) is 7.16. The van der Waals surface area contributed by atoms with E-state index in [2.05, 4.69) is 40.7 Å². The monoisotopic (exact) mass is 360 g/mol. The molecule has 0 N–H and O–H groups in total. The number of nitrogens with zero attached hydrogens (tertiary/aromatic N) is 4. The van der Waals surface area contributed by atoms with Crippen LogP contribution in [0.25, 0.3) is 0 Å². The van der Waals surface area contributed by atoms with Gasteiger partial charge < -0.3 is 19.4 Å². The maximum absolute atomic E-state index is 12.9. The van der Waals surface area contributed by atoms with Crippen molar-refractivity contribution in [3.05, 3.63) is 24.3 Å². The summed E-state index contributed by atoms with van der Waals surface area (Å²) in [5, 5.41) is 0. The summed E-state index contributed by atoms with van der Waals surface area (Å²) in [6.45, 7) is 12.8. The fourth-order valence-corrected chi connectivity index (χ4v) is 3.88. The number of anilines is 1. The summed E-state index contributed by atoms with van der Waals surface area (Å²) in [4.78, 5) is 22.0.